The van der Waals surface area contributed by atoms with Gasteiger partial charge in [-0.2, -0.15) is 23.7 Å². The highest BCUT2D eigenvalue weighted by atomic mass is 19.4. The number of fused-ring (bicyclic) bond motifs is 2. The van der Waals surface area contributed by atoms with Crippen LogP contribution in [0, 0.1) is 41.4 Å². The second kappa shape index (κ2) is 6.05. The number of nitriles is 2. The number of halogens is 3. The highest BCUT2D eigenvalue weighted by molar-refractivity contribution is 5.94. The standard InChI is InChI=1S/C17H14F3N3O2/c1-8-10(7-22)9(6-21)2-3-11(8)23-16(24)14-12-4-5-13(25-12)15(14)17(18,19)20/h2-3,12-15H,4-5H2,1H3,(H,23,24)/t12-,13-,14+,15+/m1/s1. The van der Waals surface area contributed by atoms with Gasteiger partial charge in [0.15, 0.2) is 0 Å². The summed E-state index contributed by atoms with van der Waals surface area (Å²) in [5, 5.41) is 20.6. The molecule has 2 bridgehead atoms. The predicted molar refractivity (Wildman–Crippen MR) is 80.2 cm³/mol. The van der Waals surface area contributed by atoms with E-state index in [2.05, 4.69) is 5.32 Å². The molecule has 0 radical (unpaired) electrons. The van der Waals surface area contributed by atoms with E-state index in [0.29, 0.717) is 18.4 Å². The summed E-state index contributed by atoms with van der Waals surface area (Å²) in [5.74, 6) is -3.90. The van der Waals surface area contributed by atoms with Gasteiger partial charge in [0, 0.05) is 5.69 Å². The Morgan fingerprint density at radius 2 is 1.92 bits per heavy atom. The summed E-state index contributed by atoms with van der Waals surface area (Å²) in [7, 11) is 0. The van der Waals surface area contributed by atoms with Crippen LogP contribution in [-0.4, -0.2) is 24.3 Å². The van der Waals surface area contributed by atoms with Crippen molar-refractivity contribution in [1.29, 1.82) is 10.5 Å². The lowest BCUT2D eigenvalue weighted by Crippen LogP contribution is -2.44. The molecular formula is C17H14F3N3O2. The third-order valence-corrected chi connectivity index (χ3v) is 4.91. The van der Waals surface area contributed by atoms with E-state index in [1.54, 1.807) is 0 Å². The maximum Gasteiger partial charge on any atom is 0.395 e. The number of rotatable bonds is 2. The van der Waals surface area contributed by atoms with Crippen LogP contribution in [0.2, 0.25) is 0 Å². The molecule has 2 saturated heterocycles. The lowest BCUT2D eigenvalue weighted by molar-refractivity contribution is -0.196. The maximum atomic E-state index is 13.3. The molecule has 0 spiro atoms. The topological polar surface area (TPSA) is 85.9 Å². The van der Waals surface area contributed by atoms with Crippen LogP contribution in [0.5, 0.6) is 0 Å². The second-order valence-electron chi connectivity index (χ2n) is 6.26. The molecule has 0 saturated carbocycles. The quantitative estimate of drug-likeness (QED) is 0.889. The first-order chi connectivity index (χ1) is 11.8. The van der Waals surface area contributed by atoms with Crippen molar-refractivity contribution in [3.05, 3.63) is 28.8 Å². The molecular weight excluding hydrogens is 335 g/mol. The fourth-order valence-electron chi connectivity index (χ4n) is 3.73. The van der Waals surface area contributed by atoms with Gasteiger partial charge >= 0.3 is 6.18 Å². The van der Waals surface area contributed by atoms with Gasteiger partial charge in [-0.15, -0.1) is 0 Å². The van der Waals surface area contributed by atoms with Gasteiger partial charge in [0.2, 0.25) is 5.91 Å². The zero-order valence-corrected chi connectivity index (χ0v) is 13.2. The normalized spacial score (nSPS) is 27.6. The molecule has 1 aromatic carbocycles. The van der Waals surface area contributed by atoms with Gasteiger partial charge in [0.1, 0.15) is 12.1 Å². The fraction of sp³-hybridized carbons (Fsp3) is 0.471. The molecule has 0 aliphatic carbocycles. The van der Waals surface area contributed by atoms with E-state index in [4.69, 9.17) is 15.3 Å². The summed E-state index contributed by atoms with van der Waals surface area (Å²) in [4.78, 5) is 12.5. The van der Waals surface area contributed by atoms with Crippen molar-refractivity contribution in [2.24, 2.45) is 11.8 Å². The van der Waals surface area contributed by atoms with Crippen molar-refractivity contribution < 1.29 is 22.7 Å². The monoisotopic (exact) mass is 349 g/mol. The first-order valence-corrected chi connectivity index (χ1v) is 7.74. The number of nitrogens with one attached hydrogen (secondary N) is 1. The summed E-state index contributed by atoms with van der Waals surface area (Å²) in [6.45, 7) is 1.54. The van der Waals surface area contributed by atoms with Crippen LogP contribution >= 0.6 is 0 Å². The van der Waals surface area contributed by atoms with Crippen LogP contribution in [0.3, 0.4) is 0 Å². The SMILES string of the molecule is Cc1c(NC(=O)[C@@H]2[C@@H](C(F)(F)F)[C@H]3CC[C@H]2O3)ccc(C#N)c1C#N. The fourth-order valence-corrected chi connectivity index (χ4v) is 3.73. The van der Waals surface area contributed by atoms with Crippen LogP contribution in [0.1, 0.15) is 29.5 Å². The Morgan fingerprint density at radius 1 is 1.24 bits per heavy atom. The van der Waals surface area contributed by atoms with Gasteiger partial charge in [-0.25, -0.2) is 0 Å². The first kappa shape index (κ1) is 17.2. The summed E-state index contributed by atoms with van der Waals surface area (Å²) in [6, 6.07) is 6.53. The molecule has 1 aromatic rings. The van der Waals surface area contributed by atoms with E-state index < -0.39 is 36.1 Å². The van der Waals surface area contributed by atoms with E-state index in [1.807, 2.05) is 12.1 Å². The Labute approximate surface area is 142 Å². The minimum Gasteiger partial charge on any atom is -0.373 e. The number of amides is 1. The zero-order chi connectivity index (χ0) is 18.4. The van der Waals surface area contributed by atoms with Crippen molar-refractivity contribution in [3.8, 4) is 12.1 Å². The lowest BCUT2D eigenvalue weighted by atomic mass is 9.78. The van der Waals surface area contributed by atoms with Crippen LogP contribution in [-0.2, 0) is 9.53 Å². The molecule has 0 unspecified atom stereocenters. The molecule has 2 aliphatic heterocycles. The molecule has 8 heteroatoms. The highest BCUT2D eigenvalue weighted by Crippen LogP contribution is 2.50. The van der Waals surface area contributed by atoms with Crippen molar-refractivity contribution in [2.45, 2.75) is 38.1 Å². The molecule has 1 N–H and O–H groups in total. The number of nitrogens with zero attached hydrogens (tertiary/aromatic N) is 2. The Balaban J connectivity index is 1.88. The van der Waals surface area contributed by atoms with Crippen LogP contribution in [0.4, 0.5) is 18.9 Å². The lowest BCUT2D eigenvalue weighted by Gasteiger charge is -2.29. The van der Waals surface area contributed by atoms with E-state index in [1.165, 1.54) is 19.1 Å². The molecule has 4 atom stereocenters. The number of anilines is 1. The summed E-state index contributed by atoms with van der Waals surface area (Å²) in [6.07, 6.45) is -5.51. The van der Waals surface area contributed by atoms with Crippen LogP contribution in [0.25, 0.3) is 0 Å². The van der Waals surface area contributed by atoms with E-state index >= 15 is 0 Å². The molecule has 3 rings (SSSR count). The maximum absolute atomic E-state index is 13.3. The molecule has 0 aromatic heterocycles. The summed E-state index contributed by atoms with van der Waals surface area (Å²) < 4.78 is 45.3. The summed E-state index contributed by atoms with van der Waals surface area (Å²) >= 11 is 0. The Morgan fingerprint density at radius 3 is 2.52 bits per heavy atom. The Hall–Kier alpha value is -2.58. The number of alkyl halides is 3. The van der Waals surface area contributed by atoms with Gasteiger partial charge in [-0.1, -0.05) is 0 Å². The van der Waals surface area contributed by atoms with Gasteiger partial charge in [0.05, 0.1) is 35.2 Å². The van der Waals surface area contributed by atoms with Crippen molar-refractivity contribution >= 4 is 11.6 Å². The third kappa shape index (κ3) is 2.83. The van der Waals surface area contributed by atoms with Gasteiger partial charge in [0.25, 0.3) is 0 Å². The molecule has 2 aliphatic rings. The number of hydrogen-bond donors (Lipinski definition) is 1. The molecule has 5 nitrogen and oxygen atoms in total. The molecule has 130 valence electrons. The zero-order valence-electron chi connectivity index (χ0n) is 13.2. The first-order valence-electron chi connectivity index (χ1n) is 7.74. The average Bonchev–Trinajstić information content (AvgIpc) is 3.16. The predicted octanol–water partition coefficient (Wildman–Crippen LogP) is 3.03. The van der Waals surface area contributed by atoms with Crippen LogP contribution in [0.15, 0.2) is 12.1 Å². The van der Waals surface area contributed by atoms with Crippen molar-refractivity contribution in [1.82, 2.24) is 0 Å². The third-order valence-electron chi connectivity index (χ3n) is 4.91. The highest BCUT2D eigenvalue weighted by Gasteiger charge is 2.62. The number of carbonyl (C=O) groups excluding carboxylic acids is 1. The molecule has 2 heterocycles. The van der Waals surface area contributed by atoms with E-state index in [9.17, 15) is 18.0 Å². The number of ether oxygens (including phenoxy) is 1. The van der Waals surface area contributed by atoms with Gasteiger partial charge < -0.3 is 10.1 Å². The smallest absolute Gasteiger partial charge is 0.373 e. The summed E-state index contributed by atoms with van der Waals surface area (Å²) in [5.41, 5.74) is 0.818. The largest absolute Gasteiger partial charge is 0.395 e. The minimum atomic E-state index is -4.51. The number of carbonyl (C=O) groups is 1. The molecule has 1 amide bonds. The van der Waals surface area contributed by atoms with Crippen molar-refractivity contribution in [2.75, 3.05) is 5.32 Å². The van der Waals surface area contributed by atoms with Gasteiger partial charge in [-0.3, -0.25) is 4.79 Å². The molecule has 2 fully saturated rings. The van der Waals surface area contributed by atoms with Crippen LogP contribution < -0.4 is 5.32 Å². The minimum absolute atomic E-state index is 0.0943. The number of hydrogen-bond acceptors (Lipinski definition) is 4. The average molecular weight is 349 g/mol. The Kier molecular flexibility index (Phi) is 4.18. The second-order valence-corrected chi connectivity index (χ2v) is 6.26. The van der Waals surface area contributed by atoms with Crippen molar-refractivity contribution in [3.63, 3.8) is 0 Å². The molecule has 25 heavy (non-hydrogen) atoms. The van der Waals surface area contributed by atoms with E-state index in [-0.39, 0.29) is 16.8 Å². The Bertz CT molecular complexity index is 807. The van der Waals surface area contributed by atoms with E-state index in [0.717, 1.165) is 0 Å². The number of benzene rings is 1. The van der Waals surface area contributed by atoms with Gasteiger partial charge in [-0.05, 0) is 37.5 Å².